The summed E-state index contributed by atoms with van der Waals surface area (Å²) in [5.41, 5.74) is 8.35. The van der Waals surface area contributed by atoms with E-state index in [0.717, 1.165) is 24.1 Å². The average Bonchev–Trinajstić information content (AvgIpc) is 2.68. The van der Waals surface area contributed by atoms with Crippen molar-refractivity contribution in [2.45, 2.75) is 26.4 Å². The first kappa shape index (κ1) is 13.4. The van der Waals surface area contributed by atoms with Gasteiger partial charge < -0.3 is 15.6 Å². The first-order valence-corrected chi connectivity index (χ1v) is 6.34. The van der Waals surface area contributed by atoms with E-state index in [0.29, 0.717) is 17.3 Å². The van der Waals surface area contributed by atoms with Crippen LogP contribution in [0.4, 0.5) is 5.69 Å². The molecule has 0 fully saturated rings. The third kappa shape index (κ3) is 2.88. The number of aliphatic hydroxyl groups excluding tert-OH is 1. The van der Waals surface area contributed by atoms with Crippen molar-refractivity contribution in [3.63, 3.8) is 0 Å². The second-order valence-corrected chi connectivity index (χ2v) is 4.44. The van der Waals surface area contributed by atoms with Crippen molar-refractivity contribution in [2.24, 2.45) is 7.05 Å². The molecule has 0 aliphatic heterocycles. The van der Waals surface area contributed by atoms with E-state index in [-0.39, 0.29) is 6.61 Å². The molecule has 0 radical (unpaired) electrons. The lowest BCUT2D eigenvalue weighted by molar-refractivity contribution is 0.281. The van der Waals surface area contributed by atoms with E-state index in [4.69, 9.17) is 15.6 Å². The van der Waals surface area contributed by atoms with Gasteiger partial charge in [-0.1, -0.05) is 25.5 Å². The highest BCUT2D eigenvalue weighted by molar-refractivity contribution is 5.54. The van der Waals surface area contributed by atoms with Gasteiger partial charge in [0.05, 0.1) is 12.3 Å². The highest BCUT2D eigenvalue weighted by Crippen LogP contribution is 2.30. The van der Waals surface area contributed by atoms with Crippen molar-refractivity contribution in [3.05, 3.63) is 35.5 Å². The van der Waals surface area contributed by atoms with E-state index in [1.165, 1.54) is 0 Å². The van der Waals surface area contributed by atoms with E-state index >= 15 is 0 Å². The molecular formula is C14H19N3O2. The summed E-state index contributed by atoms with van der Waals surface area (Å²) in [4.78, 5) is 0. The normalized spacial score (nSPS) is 10.7. The molecule has 1 aromatic heterocycles. The molecule has 102 valence electrons. The zero-order chi connectivity index (χ0) is 13.8. The molecule has 0 aliphatic rings. The Morgan fingerprint density at radius 1 is 1.32 bits per heavy atom. The highest BCUT2D eigenvalue weighted by Gasteiger charge is 2.14. The van der Waals surface area contributed by atoms with Gasteiger partial charge in [-0.2, -0.15) is 5.10 Å². The number of nitrogen functional groups attached to an aromatic ring is 1. The number of hydrogen-bond donors (Lipinski definition) is 2. The first-order valence-electron chi connectivity index (χ1n) is 6.34. The van der Waals surface area contributed by atoms with Crippen molar-refractivity contribution < 1.29 is 9.84 Å². The smallest absolute Gasteiger partial charge is 0.241 e. The predicted octanol–water partition coefficient (Wildman–Crippen LogP) is 2.24. The Hall–Kier alpha value is -2.01. The van der Waals surface area contributed by atoms with Gasteiger partial charge in [0, 0.05) is 7.05 Å². The van der Waals surface area contributed by atoms with Gasteiger partial charge in [0.25, 0.3) is 0 Å². The van der Waals surface area contributed by atoms with Crippen molar-refractivity contribution >= 4 is 5.69 Å². The number of rotatable bonds is 5. The number of nitrogens with two attached hydrogens (primary N) is 1. The second-order valence-electron chi connectivity index (χ2n) is 4.44. The lowest BCUT2D eigenvalue weighted by Gasteiger charge is -2.07. The Kier molecular flexibility index (Phi) is 4.06. The van der Waals surface area contributed by atoms with Crippen LogP contribution >= 0.6 is 0 Å². The first-order chi connectivity index (χ1) is 9.15. The fourth-order valence-corrected chi connectivity index (χ4v) is 1.90. The van der Waals surface area contributed by atoms with Crippen LogP contribution in [0.15, 0.2) is 24.3 Å². The molecule has 0 atom stereocenters. The molecule has 0 saturated carbocycles. The van der Waals surface area contributed by atoms with Gasteiger partial charge in [-0.15, -0.1) is 0 Å². The minimum absolute atomic E-state index is 0.0226. The Morgan fingerprint density at radius 3 is 2.58 bits per heavy atom. The average molecular weight is 261 g/mol. The quantitative estimate of drug-likeness (QED) is 0.865. The van der Waals surface area contributed by atoms with Gasteiger partial charge in [-0.3, -0.25) is 0 Å². The fourth-order valence-electron chi connectivity index (χ4n) is 1.90. The van der Waals surface area contributed by atoms with E-state index < -0.39 is 0 Å². The maximum Gasteiger partial charge on any atom is 0.241 e. The Labute approximate surface area is 112 Å². The van der Waals surface area contributed by atoms with E-state index in [1.807, 2.05) is 19.2 Å². The minimum atomic E-state index is 0.0226. The van der Waals surface area contributed by atoms with Crippen LogP contribution in [0.5, 0.6) is 11.6 Å². The summed E-state index contributed by atoms with van der Waals surface area (Å²) < 4.78 is 7.41. The molecule has 0 unspecified atom stereocenters. The second kappa shape index (κ2) is 5.75. The monoisotopic (exact) mass is 261 g/mol. The van der Waals surface area contributed by atoms with Gasteiger partial charge in [-0.05, 0) is 24.1 Å². The van der Waals surface area contributed by atoms with E-state index in [2.05, 4.69) is 12.0 Å². The van der Waals surface area contributed by atoms with Crippen molar-refractivity contribution in [3.8, 4) is 11.6 Å². The third-order valence-corrected chi connectivity index (χ3v) is 2.91. The number of aryl methyl sites for hydroxylation is 2. The summed E-state index contributed by atoms with van der Waals surface area (Å²) in [6, 6.07) is 7.23. The topological polar surface area (TPSA) is 73.3 Å². The van der Waals surface area contributed by atoms with Crippen LogP contribution in [0.1, 0.15) is 24.6 Å². The van der Waals surface area contributed by atoms with E-state index in [1.54, 1.807) is 16.8 Å². The lowest BCUT2D eigenvalue weighted by Crippen LogP contribution is -1.97. The van der Waals surface area contributed by atoms with Crippen molar-refractivity contribution in [1.29, 1.82) is 0 Å². The molecule has 0 aliphatic carbocycles. The molecule has 1 heterocycles. The highest BCUT2D eigenvalue weighted by atomic mass is 16.5. The summed E-state index contributed by atoms with van der Waals surface area (Å²) in [6.07, 6.45) is 1.83. The van der Waals surface area contributed by atoms with Gasteiger partial charge in [0.1, 0.15) is 11.4 Å². The molecule has 5 heteroatoms. The Morgan fingerprint density at radius 2 is 2.00 bits per heavy atom. The maximum atomic E-state index is 8.99. The fraction of sp³-hybridized carbons (Fsp3) is 0.357. The standard InChI is InChI=1S/C14H19N3O2/c1-3-4-12-13(15)14(17(2)16-12)19-11-7-5-10(9-18)6-8-11/h5-8,18H,3-4,9,15H2,1-2H3. The molecule has 0 amide bonds. The van der Waals surface area contributed by atoms with E-state index in [9.17, 15) is 0 Å². The number of ether oxygens (including phenoxy) is 1. The Bertz CT molecular complexity index is 547. The molecule has 19 heavy (non-hydrogen) atoms. The largest absolute Gasteiger partial charge is 0.437 e. The van der Waals surface area contributed by atoms with Crippen LogP contribution in [-0.4, -0.2) is 14.9 Å². The number of nitrogens with zero attached hydrogens (tertiary/aromatic N) is 2. The molecule has 0 saturated heterocycles. The number of aliphatic hydroxyl groups is 1. The maximum absolute atomic E-state index is 8.99. The van der Waals surface area contributed by atoms with Crippen LogP contribution in [0, 0.1) is 0 Å². The summed E-state index contributed by atoms with van der Waals surface area (Å²) in [6.45, 7) is 2.11. The molecule has 2 aromatic rings. The molecule has 0 bridgehead atoms. The SMILES string of the molecule is CCCc1nn(C)c(Oc2ccc(CO)cc2)c1N. The molecule has 1 aromatic carbocycles. The van der Waals surface area contributed by atoms with Gasteiger partial charge >= 0.3 is 0 Å². The number of aromatic nitrogens is 2. The third-order valence-electron chi connectivity index (χ3n) is 2.91. The molecule has 3 N–H and O–H groups in total. The van der Waals surface area contributed by atoms with Gasteiger partial charge in [-0.25, -0.2) is 4.68 Å². The molecular weight excluding hydrogens is 242 g/mol. The number of hydrogen-bond acceptors (Lipinski definition) is 4. The van der Waals surface area contributed by atoms with Crippen LogP contribution in [0.25, 0.3) is 0 Å². The molecule has 2 rings (SSSR count). The van der Waals surface area contributed by atoms with Crippen LogP contribution in [-0.2, 0) is 20.1 Å². The number of benzene rings is 1. The Balaban J connectivity index is 2.22. The van der Waals surface area contributed by atoms with Crippen LogP contribution in [0.3, 0.4) is 0 Å². The lowest BCUT2D eigenvalue weighted by atomic mass is 10.2. The van der Waals surface area contributed by atoms with Gasteiger partial charge in [0.2, 0.25) is 5.88 Å². The zero-order valence-corrected chi connectivity index (χ0v) is 11.3. The summed E-state index contributed by atoms with van der Waals surface area (Å²) in [5.74, 6) is 1.23. The summed E-state index contributed by atoms with van der Waals surface area (Å²) >= 11 is 0. The van der Waals surface area contributed by atoms with Crippen LogP contribution < -0.4 is 10.5 Å². The minimum Gasteiger partial charge on any atom is -0.437 e. The van der Waals surface area contributed by atoms with Crippen molar-refractivity contribution in [1.82, 2.24) is 9.78 Å². The van der Waals surface area contributed by atoms with Crippen molar-refractivity contribution in [2.75, 3.05) is 5.73 Å². The summed E-state index contributed by atoms with van der Waals surface area (Å²) in [5, 5.41) is 13.4. The zero-order valence-electron chi connectivity index (χ0n) is 11.3. The summed E-state index contributed by atoms with van der Waals surface area (Å²) in [7, 11) is 1.81. The molecule has 0 spiro atoms. The number of anilines is 1. The molecule has 5 nitrogen and oxygen atoms in total. The predicted molar refractivity (Wildman–Crippen MR) is 74.1 cm³/mol. The van der Waals surface area contributed by atoms with Crippen LogP contribution in [0.2, 0.25) is 0 Å². The van der Waals surface area contributed by atoms with Gasteiger partial charge in [0.15, 0.2) is 0 Å².